The van der Waals surface area contributed by atoms with Crippen molar-refractivity contribution in [1.29, 1.82) is 0 Å². The Bertz CT molecular complexity index is 260. The molecule has 2 saturated carbocycles. The highest BCUT2D eigenvalue weighted by atomic mass is 16.5. The third-order valence-electron chi connectivity index (χ3n) is 5.13. The standard InChI is InChI=1S/C16H31NO/c1-5-18-16(10-8-15(2,3)9-11-16)14(17-4)12-13-6-7-13/h13-14,17H,5-12H2,1-4H3. The van der Waals surface area contributed by atoms with Crippen molar-refractivity contribution in [2.24, 2.45) is 11.3 Å². The van der Waals surface area contributed by atoms with Crippen molar-refractivity contribution in [3.8, 4) is 0 Å². The van der Waals surface area contributed by atoms with Crippen molar-refractivity contribution in [3.63, 3.8) is 0 Å². The van der Waals surface area contributed by atoms with Gasteiger partial charge in [0.2, 0.25) is 0 Å². The van der Waals surface area contributed by atoms with Gasteiger partial charge in [0.25, 0.3) is 0 Å². The summed E-state index contributed by atoms with van der Waals surface area (Å²) in [6.45, 7) is 7.80. The van der Waals surface area contributed by atoms with Gasteiger partial charge in [0.05, 0.1) is 5.60 Å². The molecule has 2 rings (SSSR count). The van der Waals surface area contributed by atoms with Gasteiger partial charge in [-0.2, -0.15) is 0 Å². The molecule has 0 heterocycles. The Balaban J connectivity index is 2.04. The average Bonchev–Trinajstić information content (AvgIpc) is 3.13. The van der Waals surface area contributed by atoms with E-state index in [9.17, 15) is 0 Å². The maximum Gasteiger partial charge on any atom is 0.0834 e. The van der Waals surface area contributed by atoms with E-state index in [1.807, 2.05) is 0 Å². The lowest BCUT2D eigenvalue weighted by Gasteiger charge is -2.47. The quantitative estimate of drug-likeness (QED) is 0.778. The summed E-state index contributed by atoms with van der Waals surface area (Å²) in [5.41, 5.74) is 0.625. The Hall–Kier alpha value is -0.0800. The second-order valence-corrected chi connectivity index (χ2v) is 7.18. The minimum absolute atomic E-state index is 0.113. The third kappa shape index (κ3) is 3.27. The minimum Gasteiger partial charge on any atom is -0.374 e. The topological polar surface area (TPSA) is 21.3 Å². The molecule has 0 saturated heterocycles. The lowest BCUT2D eigenvalue weighted by atomic mass is 9.67. The summed E-state index contributed by atoms with van der Waals surface area (Å²) >= 11 is 0. The predicted molar refractivity (Wildman–Crippen MR) is 76.8 cm³/mol. The molecule has 0 amide bonds. The van der Waals surface area contributed by atoms with Gasteiger partial charge in [-0.3, -0.25) is 0 Å². The number of likely N-dealkylation sites (N-methyl/N-ethyl adjacent to an activating group) is 1. The zero-order valence-corrected chi connectivity index (χ0v) is 12.7. The average molecular weight is 253 g/mol. The lowest BCUT2D eigenvalue weighted by Crippen LogP contribution is -2.54. The first-order valence-corrected chi connectivity index (χ1v) is 7.82. The summed E-state index contributed by atoms with van der Waals surface area (Å²) in [7, 11) is 2.12. The first-order valence-electron chi connectivity index (χ1n) is 7.82. The highest BCUT2D eigenvalue weighted by Crippen LogP contribution is 2.46. The van der Waals surface area contributed by atoms with Crippen LogP contribution in [0.15, 0.2) is 0 Å². The smallest absolute Gasteiger partial charge is 0.0834 e. The van der Waals surface area contributed by atoms with E-state index in [0.29, 0.717) is 11.5 Å². The van der Waals surface area contributed by atoms with Crippen molar-refractivity contribution >= 4 is 0 Å². The monoisotopic (exact) mass is 253 g/mol. The lowest BCUT2D eigenvalue weighted by molar-refractivity contribution is -0.107. The Labute approximate surface area is 113 Å². The molecule has 0 aliphatic heterocycles. The van der Waals surface area contributed by atoms with Gasteiger partial charge in [-0.25, -0.2) is 0 Å². The fraction of sp³-hybridized carbons (Fsp3) is 1.00. The number of rotatable bonds is 6. The zero-order valence-electron chi connectivity index (χ0n) is 12.7. The summed E-state index contributed by atoms with van der Waals surface area (Å²) in [4.78, 5) is 0. The van der Waals surface area contributed by atoms with E-state index in [0.717, 1.165) is 12.5 Å². The summed E-state index contributed by atoms with van der Waals surface area (Å²) in [6, 6.07) is 0.557. The maximum atomic E-state index is 6.28. The van der Waals surface area contributed by atoms with Crippen molar-refractivity contribution in [2.75, 3.05) is 13.7 Å². The number of ether oxygens (including phenoxy) is 1. The van der Waals surface area contributed by atoms with Gasteiger partial charge in [0.15, 0.2) is 0 Å². The van der Waals surface area contributed by atoms with Crippen LogP contribution >= 0.6 is 0 Å². The molecule has 0 aromatic rings. The second-order valence-electron chi connectivity index (χ2n) is 7.18. The van der Waals surface area contributed by atoms with Crippen LogP contribution in [0.25, 0.3) is 0 Å². The number of hydrogen-bond acceptors (Lipinski definition) is 2. The summed E-state index contributed by atoms with van der Waals surface area (Å²) in [6.07, 6.45) is 9.25. The molecule has 2 aliphatic carbocycles. The first-order chi connectivity index (χ1) is 8.51. The van der Waals surface area contributed by atoms with Crippen LogP contribution in [0, 0.1) is 11.3 Å². The number of hydrogen-bond donors (Lipinski definition) is 1. The second kappa shape index (κ2) is 5.50. The summed E-state index contributed by atoms with van der Waals surface area (Å²) in [5, 5.41) is 3.57. The summed E-state index contributed by atoms with van der Waals surface area (Å²) in [5.74, 6) is 0.967. The Kier molecular flexibility index (Phi) is 4.38. The molecular formula is C16H31NO. The molecule has 0 aromatic heterocycles. The van der Waals surface area contributed by atoms with Gasteiger partial charge in [0, 0.05) is 12.6 Å². The van der Waals surface area contributed by atoms with Crippen LogP contribution in [0.4, 0.5) is 0 Å². The molecular weight excluding hydrogens is 222 g/mol. The SMILES string of the molecule is CCOC1(C(CC2CC2)NC)CCC(C)(C)CC1. The molecule has 106 valence electrons. The minimum atomic E-state index is 0.113. The molecule has 0 bridgehead atoms. The Morgan fingerprint density at radius 2 is 1.78 bits per heavy atom. The van der Waals surface area contributed by atoms with Crippen LogP contribution in [0.3, 0.4) is 0 Å². The van der Waals surface area contributed by atoms with Crippen LogP contribution in [0.1, 0.15) is 65.7 Å². The van der Waals surface area contributed by atoms with Crippen LogP contribution in [0.2, 0.25) is 0 Å². The highest BCUT2D eigenvalue weighted by Gasteiger charge is 2.45. The Morgan fingerprint density at radius 3 is 2.22 bits per heavy atom. The Morgan fingerprint density at radius 1 is 1.17 bits per heavy atom. The molecule has 2 heteroatoms. The van der Waals surface area contributed by atoms with E-state index in [4.69, 9.17) is 4.74 Å². The summed E-state index contributed by atoms with van der Waals surface area (Å²) < 4.78 is 6.28. The van der Waals surface area contributed by atoms with E-state index in [1.54, 1.807) is 0 Å². The van der Waals surface area contributed by atoms with Gasteiger partial charge in [0.1, 0.15) is 0 Å². The van der Waals surface area contributed by atoms with E-state index < -0.39 is 0 Å². The van der Waals surface area contributed by atoms with Crippen LogP contribution < -0.4 is 5.32 Å². The maximum absolute atomic E-state index is 6.28. The first kappa shape index (κ1) is 14.3. The van der Waals surface area contributed by atoms with Crippen molar-refractivity contribution in [2.45, 2.75) is 77.4 Å². The third-order valence-corrected chi connectivity index (χ3v) is 5.13. The fourth-order valence-corrected chi connectivity index (χ4v) is 3.51. The molecule has 2 fully saturated rings. The van der Waals surface area contributed by atoms with Gasteiger partial charge < -0.3 is 10.1 Å². The van der Waals surface area contributed by atoms with E-state index in [-0.39, 0.29) is 5.60 Å². The van der Waals surface area contributed by atoms with Crippen molar-refractivity contribution < 1.29 is 4.74 Å². The van der Waals surface area contributed by atoms with Crippen LogP contribution in [-0.2, 0) is 4.74 Å². The molecule has 18 heavy (non-hydrogen) atoms. The van der Waals surface area contributed by atoms with Gasteiger partial charge in [-0.05, 0) is 57.4 Å². The van der Waals surface area contributed by atoms with E-state index >= 15 is 0 Å². The molecule has 2 aliphatic rings. The highest BCUT2D eigenvalue weighted by molar-refractivity contribution is 5.00. The largest absolute Gasteiger partial charge is 0.374 e. The van der Waals surface area contributed by atoms with E-state index in [2.05, 4.69) is 33.1 Å². The fourth-order valence-electron chi connectivity index (χ4n) is 3.51. The van der Waals surface area contributed by atoms with Crippen molar-refractivity contribution in [3.05, 3.63) is 0 Å². The molecule has 2 nitrogen and oxygen atoms in total. The van der Waals surface area contributed by atoms with Gasteiger partial charge in [-0.15, -0.1) is 0 Å². The van der Waals surface area contributed by atoms with Crippen molar-refractivity contribution in [1.82, 2.24) is 5.32 Å². The van der Waals surface area contributed by atoms with Crippen LogP contribution in [0.5, 0.6) is 0 Å². The molecule has 1 unspecified atom stereocenters. The van der Waals surface area contributed by atoms with Crippen LogP contribution in [-0.4, -0.2) is 25.3 Å². The normalized spacial score (nSPS) is 28.0. The predicted octanol–water partition coefficient (Wildman–Crippen LogP) is 3.75. The molecule has 0 radical (unpaired) electrons. The molecule has 0 aromatic carbocycles. The molecule has 1 N–H and O–H groups in total. The van der Waals surface area contributed by atoms with Gasteiger partial charge >= 0.3 is 0 Å². The van der Waals surface area contributed by atoms with Gasteiger partial charge in [-0.1, -0.05) is 26.7 Å². The molecule has 0 spiro atoms. The van der Waals surface area contributed by atoms with E-state index in [1.165, 1.54) is 44.9 Å². The number of nitrogens with one attached hydrogen (secondary N) is 1. The molecule has 1 atom stereocenters. The zero-order chi connectivity index (χ0) is 13.2.